The molecule has 4 atom stereocenters. The second-order valence-electron chi connectivity index (χ2n) is 13.9. The Kier molecular flexibility index (Phi) is 14.8. The van der Waals surface area contributed by atoms with Gasteiger partial charge in [0, 0.05) is 36.5 Å². The Bertz CT molecular complexity index is 1760. The first-order chi connectivity index (χ1) is 24.8. The maximum atomic E-state index is 14.2. The van der Waals surface area contributed by atoms with Crippen LogP contribution in [0, 0.1) is 11.7 Å². The number of anilines is 1. The van der Waals surface area contributed by atoms with E-state index in [9.17, 15) is 34.4 Å². The van der Waals surface area contributed by atoms with Crippen LogP contribution in [0.5, 0.6) is 0 Å². The van der Waals surface area contributed by atoms with Crippen molar-refractivity contribution < 1.29 is 34.4 Å². The lowest BCUT2D eigenvalue weighted by molar-refractivity contribution is -0.123. The zero-order valence-electron chi connectivity index (χ0n) is 30.3. The number of hydrogen-bond donors (Lipinski definition) is 6. The Morgan fingerprint density at radius 2 is 1.40 bits per heavy atom. The van der Waals surface area contributed by atoms with Gasteiger partial charge in [-0.15, -0.1) is 0 Å². The number of aromatic nitrogens is 1. The summed E-state index contributed by atoms with van der Waals surface area (Å²) >= 11 is 0. The SMILES string of the molecule is C=C(O)C[C@H](O)C[C@H](C)CCNC(=O)C[C@H](O)C[C@H](O)CCn1c(-c2ccc(F)cc2)c(-c2ccccc2)c(C(=O)Nc2ccccc2)c1C(C)C. The van der Waals surface area contributed by atoms with E-state index in [1.165, 1.54) is 12.1 Å². The zero-order valence-corrected chi connectivity index (χ0v) is 30.3. The highest BCUT2D eigenvalue weighted by Gasteiger charge is 2.31. The number of rotatable bonds is 19. The molecule has 0 spiro atoms. The highest BCUT2D eigenvalue weighted by molar-refractivity contribution is 6.12. The van der Waals surface area contributed by atoms with Crippen LogP contribution in [0.15, 0.2) is 97.3 Å². The minimum atomic E-state index is -1.08. The molecule has 0 unspecified atom stereocenters. The first-order valence-electron chi connectivity index (χ1n) is 18.0. The summed E-state index contributed by atoms with van der Waals surface area (Å²) in [6, 6.07) is 24.9. The Balaban J connectivity index is 1.55. The molecule has 4 aromatic rings. The highest BCUT2D eigenvalue weighted by atomic mass is 19.1. The van der Waals surface area contributed by atoms with Crippen LogP contribution >= 0.6 is 0 Å². The second-order valence-corrected chi connectivity index (χ2v) is 13.9. The quantitative estimate of drug-likeness (QED) is 0.0553. The molecule has 0 aliphatic rings. The fourth-order valence-electron chi connectivity index (χ4n) is 6.68. The molecule has 0 bridgehead atoms. The van der Waals surface area contributed by atoms with Gasteiger partial charge in [0.25, 0.3) is 5.91 Å². The van der Waals surface area contributed by atoms with Gasteiger partial charge in [-0.05, 0) is 85.0 Å². The third-order valence-electron chi connectivity index (χ3n) is 9.05. The van der Waals surface area contributed by atoms with E-state index in [0.29, 0.717) is 47.5 Å². The highest BCUT2D eigenvalue weighted by Crippen LogP contribution is 2.42. The van der Waals surface area contributed by atoms with Gasteiger partial charge >= 0.3 is 0 Å². The molecule has 0 fully saturated rings. The minimum absolute atomic E-state index is 0.0296. The smallest absolute Gasteiger partial charge is 0.258 e. The van der Waals surface area contributed by atoms with Gasteiger partial charge in [-0.1, -0.05) is 75.9 Å². The number of nitrogens with zero attached hydrogens (tertiary/aromatic N) is 1. The molecule has 2 amide bonds. The van der Waals surface area contributed by atoms with Crippen molar-refractivity contribution in [1.82, 2.24) is 9.88 Å². The summed E-state index contributed by atoms with van der Waals surface area (Å²) in [4.78, 5) is 26.8. The molecule has 10 heteroatoms. The van der Waals surface area contributed by atoms with Crippen molar-refractivity contribution in [3.63, 3.8) is 0 Å². The summed E-state index contributed by atoms with van der Waals surface area (Å²) < 4.78 is 16.2. The van der Waals surface area contributed by atoms with Crippen molar-refractivity contribution in [3.05, 3.63) is 114 Å². The lowest BCUT2D eigenvalue weighted by atomic mass is 9.94. The molecule has 1 heterocycles. The maximum absolute atomic E-state index is 14.2. The van der Waals surface area contributed by atoms with Crippen LogP contribution in [0.4, 0.5) is 10.1 Å². The van der Waals surface area contributed by atoms with Crippen LogP contribution in [0.2, 0.25) is 0 Å². The predicted octanol–water partition coefficient (Wildman–Crippen LogP) is 7.58. The summed E-state index contributed by atoms with van der Waals surface area (Å²) in [5, 5.41) is 47.0. The normalized spacial score (nSPS) is 13.7. The van der Waals surface area contributed by atoms with E-state index in [0.717, 1.165) is 11.3 Å². The number of para-hydroxylation sites is 1. The van der Waals surface area contributed by atoms with E-state index in [4.69, 9.17) is 0 Å². The largest absolute Gasteiger partial charge is 0.513 e. The fourth-order valence-corrected chi connectivity index (χ4v) is 6.68. The molecule has 6 N–H and O–H groups in total. The molecular weight excluding hydrogens is 661 g/mol. The molecule has 52 heavy (non-hydrogen) atoms. The van der Waals surface area contributed by atoms with E-state index in [1.54, 1.807) is 12.1 Å². The number of nitrogens with one attached hydrogen (secondary N) is 2. The minimum Gasteiger partial charge on any atom is -0.513 e. The number of halogens is 1. The number of aliphatic hydroxyl groups excluding tert-OH is 4. The van der Waals surface area contributed by atoms with Crippen LogP contribution in [-0.2, 0) is 11.3 Å². The van der Waals surface area contributed by atoms with Crippen LogP contribution in [0.25, 0.3) is 22.4 Å². The maximum Gasteiger partial charge on any atom is 0.258 e. The molecule has 0 saturated carbocycles. The molecule has 3 aromatic carbocycles. The number of aliphatic hydroxyl groups is 4. The fraction of sp³-hybridized carbons (Fsp3) is 0.381. The topological polar surface area (TPSA) is 144 Å². The standard InChI is InChI=1S/C42H52FN3O6/c1-27(2)40-39(42(52)45-33-13-9-6-10-14-33)38(30-11-7-5-8-12-30)41(31-15-17-32(43)18-16-31)46(40)22-20-34(48)25-36(50)26-37(51)44-21-19-28(3)23-35(49)24-29(4)47/h5-18,27-28,34-36,47-50H,4,19-26H2,1-3H3,(H,44,51)(H,45,52)/t28-,34-,35-,36-/m1/s1. The molecule has 9 nitrogen and oxygen atoms in total. The van der Waals surface area contributed by atoms with Crippen LogP contribution in [0.3, 0.4) is 0 Å². The molecule has 0 aliphatic heterocycles. The summed E-state index contributed by atoms with van der Waals surface area (Å²) in [5.74, 6) is -1.12. The van der Waals surface area contributed by atoms with Gasteiger partial charge in [-0.25, -0.2) is 4.39 Å². The molecule has 1 aromatic heterocycles. The Morgan fingerprint density at radius 1 is 0.788 bits per heavy atom. The van der Waals surface area contributed by atoms with Crippen LogP contribution in [0.1, 0.15) is 81.3 Å². The van der Waals surface area contributed by atoms with Gasteiger partial charge in [-0.2, -0.15) is 0 Å². The number of benzene rings is 3. The third kappa shape index (κ3) is 11.4. The molecule has 0 aliphatic carbocycles. The Hall–Kier alpha value is -4.77. The molecule has 0 saturated heterocycles. The summed E-state index contributed by atoms with van der Waals surface area (Å²) in [6.45, 7) is 9.99. The number of carbonyl (C=O) groups excluding carboxylic acids is 2. The first kappa shape index (κ1) is 40.0. The van der Waals surface area contributed by atoms with E-state index >= 15 is 0 Å². The summed E-state index contributed by atoms with van der Waals surface area (Å²) in [6.07, 6.45) is -1.56. The zero-order chi connectivity index (χ0) is 37.8. The van der Waals surface area contributed by atoms with Crippen molar-refractivity contribution in [1.29, 1.82) is 0 Å². The monoisotopic (exact) mass is 713 g/mol. The van der Waals surface area contributed by atoms with Gasteiger partial charge in [0.2, 0.25) is 5.91 Å². The molecule has 0 radical (unpaired) electrons. The van der Waals surface area contributed by atoms with E-state index in [2.05, 4.69) is 17.2 Å². The van der Waals surface area contributed by atoms with Crippen LogP contribution in [-0.4, -0.2) is 61.7 Å². The van der Waals surface area contributed by atoms with Gasteiger partial charge in [-0.3, -0.25) is 9.59 Å². The summed E-state index contributed by atoms with van der Waals surface area (Å²) in [5.41, 5.74) is 4.80. The number of amides is 2. The molecule has 278 valence electrons. The van der Waals surface area contributed by atoms with Crippen molar-refractivity contribution in [3.8, 4) is 22.4 Å². The van der Waals surface area contributed by atoms with Crippen LogP contribution < -0.4 is 10.6 Å². The van der Waals surface area contributed by atoms with Crippen molar-refractivity contribution in [2.45, 2.75) is 90.1 Å². The molecule has 4 rings (SSSR count). The lowest BCUT2D eigenvalue weighted by Crippen LogP contribution is -2.31. The Labute approximate surface area is 305 Å². The van der Waals surface area contributed by atoms with Gasteiger partial charge in [0.1, 0.15) is 5.82 Å². The lowest BCUT2D eigenvalue weighted by Gasteiger charge is -2.20. The first-order valence-corrected chi connectivity index (χ1v) is 18.0. The van der Waals surface area contributed by atoms with Gasteiger partial charge < -0.3 is 35.6 Å². The third-order valence-corrected chi connectivity index (χ3v) is 9.05. The summed E-state index contributed by atoms with van der Waals surface area (Å²) in [7, 11) is 0. The van der Waals surface area contributed by atoms with E-state index in [-0.39, 0.29) is 67.5 Å². The number of hydrogen-bond acceptors (Lipinski definition) is 6. The predicted molar refractivity (Wildman–Crippen MR) is 203 cm³/mol. The second kappa shape index (κ2) is 19.2. The van der Waals surface area contributed by atoms with Crippen molar-refractivity contribution in [2.24, 2.45) is 5.92 Å². The number of carbonyl (C=O) groups is 2. The Morgan fingerprint density at radius 3 is 2.02 bits per heavy atom. The van der Waals surface area contributed by atoms with E-state index in [1.807, 2.05) is 86.0 Å². The average Bonchev–Trinajstić information content (AvgIpc) is 3.43. The van der Waals surface area contributed by atoms with E-state index < -0.39 is 18.3 Å². The van der Waals surface area contributed by atoms with Gasteiger partial charge in [0.15, 0.2) is 0 Å². The van der Waals surface area contributed by atoms with Crippen molar-refractivity contribution >= 4 is 17.5 Å². The molecular formula is C42H52FN3O6. The van der Waals surface area contributed by atoms with Crippen molar-refractivity contribution in [2.75, 3.05) is 11.9 Å². The average molecular weight is 714 g/mol. The van der Waals surface area contributed by atoms with Gasteiger partial charge in [0.05, 0.1) is 41.7 Å².